The number of esters is 1. The van der Waals surface area contributed by atoms with Gasteiger partial charge in [-0.25, -0.2) is 4.79 Å². The summed E-state index contributed by atoms with van der Waals surface area (Å²) < 4.78 is 10.7. The van der Waals surface area contributed by atoms with E-state index in [2.05, 4.69) is 10.3 Å². The van der Waals surface area contributed by atoms with E-state index >= 15 is 0 Å². The van der Waals surface area contributed by atoms with Gasteiger partial charge in [-0.1, -0.05) is 18.2 Å². The number of hydrogen-bond donors (Lipinski definition) is 2. The van der Waals surface area contributed by atoms with Gasteiger partial charge in [0.1, 0.15) is 11.4 Å². The molecule has 0 fully saturated rings. The Morgan fingerprint density at radius 3 is 2.84 bits per heavy atom. The lowest BCUT2D eigenvalue weighted by Gasteiger charge is -2.26. The van der Waals surface area contributed by atoms with E-state index < -0.39 is 5.97 Å². The molecule has 2 aromatic rings. The number of hydrogen-bond acceptors (Lipinski definition) is 4. The van der Waals surface area contributed by atoms with Crippen LogP contribution in [0.4, 0.5) is 0 Å². The number of aryl methyl sites for hydroxylation is 1. The fraction of sp³-hybridized carbons (Fsp3) is 0.368. The van der Waals surface area contributed by atoms with Crippen molar-refractivity contribution >= 4 is 11.9 Å². The zero-order chi connectivity index (χ0) is 18.0. The first-order valence-corrected chi connectivity index (χ1v) is 8.41. The number of carbonyl (C=O) groups excluding carboxylic acids is 2. The van der Waals surface area contributed by atoms with Crippen LogP contribution in [0.2, 0.25) is 0 Å². The molecule has 132 valence electrons. The van der Waals surface area contributed by atoms with Crippen molar-refractivity contribution in [1.82, 2.24) is 10.3 Å². The third-order valence-electron chi connectivity index (χ3n) is 4.41. The second kappa shape index (κ2) is 7.01. The number of ether oxygens (including phenoxy) is 2. The van der Waals surface area contributed by atoms with Crippen LogP contribution in [0.1, 0.15) is 57.1 Å². The Bertz CT molecular complexity index is 810. The summed E-state index contributed by atoms with van der Waals surface area (Å²) in [5.74, 6) is 0.149. The van der Waals surface area contributed by atoms with E-state index in [-0.39, 0.29) is 18.6 Å². The predicted molar refractivity (Wildman–Crippen MR) is 93.0 cm³/mol. The summed E-state index contributed by atoms with van der Waals surface area (Å²) >= 11 is 0. The number of aromatic nitrogens is 1. The minimum absolute atomic E-state index is 0.114. The number of amides is 1. The smallest absolute Gasteiger partial charge is 0.355 e. The van der Waals surface area contributed by atoms with Gasteiger partial charge in [-0.05, 0) is 32.4 Å². The highest BCUT2D eigenvalue weighted by Crippen LogP contribution is 2.32. The number of fused-ring (bicyclic) bond motifs is 1. The van der Waals surface area contributed by atoms with Crippen LogP contribution in [0.15, 0.2) is 24.3 Å². The van der Waals surface area contributed by atoms with E-state index in [1.165, 1.54) is 0 Å². The lowest BCUT2D eigenvalue weighted by atomic mass is 9.99. The van der Waals surface area contributed by atoms with Gasteiger partial charge in [-0.15, -0.1) is 0 Å². The number of H-pyrrole nitrogens is 1. The van der Waals surface area contributed by atoms with Gasteiger partial charge in [-0.3, -0.25) is 4.79 Å². The van der Waals surface area contributed by atoms with Gasteiger partial charge in [0.05, 0.1) is 24.8 Å². The molecule has 2 heterocycles. The molecule has 0 spiro atoms. The molecule has 1 aromatic carbocycles. The molecular formula is C19H22N2O4. The molecule has 0 saturated carbocycles. The highest BCUT2D eigenvalue weighted by atomic mass is 16.5. The van der Waals surface area contributed by atoms with E-state index in [4.69, 9.17) is 9.47 Å². The van der Waals surface area contributed by atoms with Crippen molar-refractivity contribution < 1.29 is 19.1 Å². The molecule has 0 saturated heterocycles. The first kappa shape index (κ1) is 17.1. The zero-order valence-electron chi connectivity index (χ0n) is 14.6. The highest BCUT2D eigenvalue weighted by molar-refractivity contribution is 6.01. The molecule has 1 atom stereocenters. The number of aromatic amines is 1. The fourth-order valence-corrected chi connectivity index (χ4v) is 3.22. The Morgan fingerprint density at radius 1 is 1.32 bits per heavy atom. The van der Waals surface area contributed by atoms with Crippen LogP contribution in [0.5, 0.6) is 5.75 Å². The SMILES string of the molecule is CCOC(=O)c1[nH]c(C)c(C(=O)N[C@@H]2CCOc3ccccc32)c1C. The molecule has 1 aliphatic rings. The van der Waals surface area contributed by atoms with Gasteiger partial charge in [0.2, 0.25) is 0 Å². The molecule has 0 aliphatic carbocycles. The number of nitrogens with one attached hydrogen (secondary N) is 2. The number of rotatable bonds is 4. The van der Waals surface area contributed by atoms with Crippen molar-refractivity contribution in [2.75, 3.05) is 13.2 Å². The summed E-state index contributed by atoms with van der Waals surface area (Å²) in [4.78, 5) is 27.8. The van der Waals surface area contributed by atoms with Crippen molar-refractivity contribution in [1.29, 1.82) is 0 Å². The first-order chi connectivity index (χ1) is 12.0. The number of carbonyl (C=O) groups is 2. The summed E-state index contributed by atoms with van der Waals surface area (Å²) in [5, 5.41) is 3.07. The van der Waals surface area contributed by atoms with Gasteiger partial charge in [0, 0.05) is 17.7 Å². The van der Waals surface area contributed by atoms with Gasteiger partial charge < -0.3 is 19.8 Å². The minimum Gasteiger partial charge on any atom is -0.493 e. The van der Waals surface area contributed by atoms with E-state index in [1.54, 1.807) is 20.8 Å². The highest BCUT2D eigenvalue weighted by Gasteiger charge is 2.27. The minimum atomic E-state index is -0.446. The quantitative estimate of drug-likeness (QED) is 0.837. The van der Waals surface area contributed by atoms with Crippen LogP contribution in [-0.4, -0.2) is 30.1 Å². The molecule has 0 unspecified atom stereocenters. The van der Waals surface area contributed by atoms with Crippen molar-refractivity contribution in [3.05, 3.63) is 52.3 Å². The fourth-order valence-electron chi connectivity index (χ4n) is 3.22. The average Bonchev–Trinajstić information content (AvgIpc) is 2.90. The van der Waals surface area contributed by atoms with Gasteiger partial charge >= 0.3 is 5.97 Å². The van der Waals surface area contributed by atoms with Crippen molar-refractivity contribution in [3.8, 4) is 5.75 Å². The number of benzene rings is 1. The molecule has 1 aromatic heterocycles. The van der Waals surface area contributed by atoms with Crippen LogP contribution in [-0.2, 0) is 4.74 Å². The van der Waals surface area contributed by atoms with Crippen LogP contribution >= 0.6 is 0 Å². The zero-order valence-corrected chi connectivity index (χ0v) is 14.6. The maximum atomic E-state index is 12.8. The third kappa shape index (κ3) is 3.24. The average molecular weight is 342 g/mol. The van der Waals surface area contributed by atoms with E-state index in [0.717, 1.165) is 11.3 Å². The molecule has 0 bridgehead atoms. The topological polar surface area (TPSA) is 80.4 Å². The maximum absolute atomic E-state index is 12.8. The normalized spacial score (nSPS) is 15.9. The molecule has 3 rings (SSSR count). The van der Waals surface area contributed by atoms with Crippen molar-refractivity contribution in [2.45, 2.75) is 33.2 Å². The van der Waals surface area contributed by atoms with Crippen LogP contribution < -0.4 is 10.1 Å². The lowest BCUT2D eigenvalue weighted by molar-refractivity contribution is 0.0519. The largest absolute Gasteiger partial charge is 0.493 e. The van der Waals surface area contributed by atoms with Gasteiger partial charge in [0.25, 0.3) is 5.91 Å². The van der Waals surface area contributed by atoms with Crippen LogP contribution in [0, 0.1) is 13.8 Å². The van der Waals surface area contributed by atoms with Crippen LogP contribution in [0.25, 0.3) is 0 Å². The Morgan fingerprint density at radius 2 is 2.08 bits per heavy atom. The first-order valence-electron chi connectivity index (χ1n) is 8.41. The Balaban J connectivity index is 1.84. The van der Waals surface area contributed by atoms with Crippen molar-refractivity contribution in [3.63, 3.8) is 0 Å². The summed E-state index contributed by atoms with van der Waals surface area (Å²) in [5.41, 5.74) is 3.05. The summed E-state index contributed by atoms with van der Waals surface area (Å²) in [7, 11) is 0. The van der Waals surface area contributed by atoms with Crippen molar-refractivity contribution in [2.24, 2.45) is 0 Å². The van der Waals surface area contributed by atoms with E-state index in [1.807, 2.05) is 24.3 Å². The second-order valence-corrected chi connectivity index (χ2v) is 6.05. The molecule has 2 N–H and O–H groups in total. The Hall–Kier alpha value is -2.76. The number of para-hydroxylation sites is 1. The molecule has 6 nitrogen and oxygen atoms in total. The second-order valence-electron chi connectivity index (χ2n) is 6.05. The lowest BCUT2D eigenvalue weighted by Crippen LogP contribution is -2.32. The molecule has 0 radical (unpaired) electrons. The van der Waals surface area contributed by atoms with Gasteiger partial charge in [-0.2, -0.15) is 0 Å². The molecule has 6 heteroatoms. The molecule has 25 heavy (non-hydrogen) atoms. The van der Waals surface area contributed by atoms with Gasteiger partial charge in [0.15, 0.2) is 0 Å². The molecular weight excluding hydrogens is 320 g/mol. The van der Waals surface area contributed by atoms with E-state index in [0.29, 0.717) is 35.5 Å². The molecule has 1 amide bonds. The molecule has 1 aliphatic heterocycles. The summed E-state index contributed by atoms with van der Waals surface area (Å²) in [6, 6.07) is 7.59. The van der Waals surface area contributed by atoms with Crippen LogP contribution in [0.3, 0.4) is 0 Å². The Kier molecular flexibility index (Phi) is 4.79. The standard InChI is InChI=1S/C19H22N2O4/c1-4-24-19(23)17-11(2)16(12(3)20-17)18(22)21-14-9-10-25-15-8-6-5-7-13(14)15/h5-8,14,20H,4,9-10H2,1-3H3,(H,21,22)/t14-/m1/s1. The summed E-state index contributed by atoms with van der Waals surface area (Å²) in [6.45, 7) is 6.13. The maximum Gasteiger partial charge on any atom is 0.355 e. The third-order valence-corrected chi connectivity index (χ3v) is 4.41. The van der Waals surface area contributed by atoms with E-state index in [9.17, 15) is 9.59 Å². The monoisotopic (exact) mass is 342 g/mol. The summed E-state index contributed by atoms with van der Waals surface area (Å²) in [6.07, 6.45) is 0.704. The Labute approximate surface area is 146 Å². The predicted octanol–water partition coefficient (Wildman–Crippen LogP) is 3.06.